The van der Waals surface area contributed by atoms with E-state index in [0.717, 1.165) is 87.1 Å². The van der Waals surface area contributed by atoms with Crippen LogP contribution in [-0.2, 0) is 38.4 Å². The molecule has 1 aliphatic carbocycles. The van der Waals surface area contributed by atoms with Gasteiger partial charge in [-0.15, -0.1) is 5.75 Å². The van der Waals surface area contributed by atoms with Crippen LogP contribution >= 0.6 is 0 Å². The summed E-state index contributed by atoms with van der Waals surface area (Å²) in [7, 11) is 0. The van der Waals surface area contributed by atoms with Gasteiger partial charge in [-0.25, -0.2) is 0 Å². The molecular weight excluding hydrogens is 1090 g/mol. The van der Waals surface area contributed by atoms with Gasteiger partial charge in [0.1, 0.15) is 23.0 Å². The first-order valence-corrected chi connectivity index (χ1v) is 29.3. The number of rotatable bonds is 14. The van der Waals surface area contributed by atoms with Crippen molar-refractivity contribution in [3.05, 3.63) is 328 Å². The fraction of sp³-hybridized carbons (Fsp3) is 0.205. The maximum absolute atomic E-state index is 12.3. The van der Waals surface area contributed by atoms with E-state index in [1.807, 2.05) is 42.8 Å². The first-order chi connectivity index (χ1) is 40.7. The summed E-state index contributed by atoms with van der Waals surface area (Å²) in [4.78, 5) is 10.7. The SMILES string of the molecule is CC(C)(C)c1cc(C(c2ccccc2)(c2ccccc2)c2ccccc2)cc(C=NC2CCCCC2N=Cc2cc(C(c3ccccc3)(c3ccccc3)c3ccccc3)cc(C(C)(C)C)c2O)c1O.[Co].[O-]c1ccc(Oc2ccccc2)cc1. The zero-order valence-corrected chi connectivity index (χ0v) is 50.4. The topological polar surface area (TPSA) is 97.5 Å². The molecule has 431 valence electrons. The molecule has 85 heavy (non-hydrogen) atoms. The van der Waals surface area contributed by atoms with Crippen LogP contribution in [0, 0.1) is 0 Å². The number of phenolic OH excluding ortho intramolecular Hbond substituents is 2. The second kappa shape index (κ2) is 26.9. The molecule has 0 spiro atoms. The standard InChI is InChI=1S/C66H66N2O2.C12H10O2.Co/c1-63(2,3)57-43-55(65(49-27-13-7-14-28-49,50-29-15-8-16-30-50)51-31-17-9-18-32-51)41-47(61(57)69)45-67-59-39-25-26-40-60(59)68-46-48-42-56(44-58(62(48)70)64(4,5)6)66(52-33-19-10-20-34-52,53-35-21-11-22-36-53)54-37-23-12-24-38-54;13-10-6-8-12(9-7-10)14-11-4-2-1-3-5-11;/h7-24,27-38,41-46,59-60,69-70H,25-26,39-40H2,1-6H3;1-9,13H;/p-1. The van der Waals surface area contributed by atoms with Gasteiger partial charge in [0.2, 0.25) is 0 Å². The molecule has 2 unspecified atom stereocenters. The zero-order valence-electron chi connectivity index (χ0n) is 49.4. The molecule has 2 atom stereocenters. The summed E-state index contributed by atoms with van der Waals surface area (Å²) in [6.07, 6.45) is 7.62. The number of benzene rings is 10. The van der Waals surface area contributed by atoms with Crippen molar-refractivity contribution in [1.82, 2.24) is 0 Å². The Labute approximate surface area is 513 Å². The summed E-state index contributed by atoms with van der Waals surface area (Å²) < 4.78 is 5.49. The normalized spacial score (nSPS) is 14.7. The molecule has 0 aromatic heterocycles. The summed E-state index contributed by atoms with van der Waals surface area (Å²) in [5.41, 5.74) is 9.88. The van der Waals surface area contributed by atoms with Crippen LogP contribution in [0.4, 0.5) is 0 Å². The Morgan fingerprint density at radius 3 is 0.929 bits per heavy atom. The van der Waals surface area contributed by atoms with E-state index in [-0.39, 0.29) is 56.9 Å². The Kier molecular flexibility index (Phi) is 19.2. The van der Waals surface area contributed by atoms with Gasteiger partial charge in [0.25, 0.3) is 0 Å². The van der Waals surface area contributed by atoms with E-state index in [4.69, 9.17) is 14.7 Å². The third-order valence-corrected chi connectivity index (χ3v) is 16.3. The molecule has 1 aliphatic rings. The largest absolute Gasteiger partial charge is 0.872 e. The van der Waals surface area contributed by atoms with Crippen LogP contribution in [0.25, 0.3) is 0 Å². The number of ether oxygens (including phenoxy) is 1. The molecule has 7 heteroatoms. The van der Waals surface area contributed by atoms with Gasteiger partial charge in [0, 0.05) is 51.5 Å². The van der Waals surface area contributed by atoms with Crippen molar-refractivity contribution in [3.63, 3.8) is 0 Å². The number of aliphatic imine (C=N–C) groups is 2. The van der Waals surface area contributed by atoms with Crippen molar-refractivity contribution < 1.29 is 36.8 Å². The molecule has 0 bridgehead atoms. The number of hydrogen-bond acceptors (Lipinski definition) is 6. The van der Waals surface area contributed by atoms with Crippen molar-refractivity contribution >= 4 is 12.4 Å². The quantitative estimate of drug-likeness (QED) is 0.0837. The molecule has 1 radical (unpaired) electrons. The van der Waals surface area contributed by atoms with E-state index < -0.39 is 10.8 Å². The number of hydrogen-bond donors (Lipinski definition) is 2. The van der Waals surface area contributed by atoms with Crippen molar-refractivity contribution in [2.24, 2.45) is 9.98 Å². The molecule has 10 aromatic rings. The Morgan fingerprint density at radius 1 is 0.376 bits per heavy atom. The van der Waals surface area contributed by atoms with Crippen molar-refractivity contribution in [2.45, 2.75) is 101 Å². The van der Waals surface area contributed by atoms with Crippen LogP contribution in [-0.4, -0.2) is 34.7 Å². The summed E-state index contributed by atoms with van der Waals surface area (Å²) in [5.74, 6) is 1.93. The summed E-state index contributed by atoms with van der Waals surface area (Å²) >= 11 is 0. The number of phenols is 2. The van der Waals surface area contributed by atoms with Crippen molar-refractivity contribution in [3.8, 4) is 28.7 Å². The van der Waals surface area contributed by atoms with Gasteiger partial charge in [-0.1, -0.05) is 267 Å². The average molecular weight is 1160 g/mol. The second-order valence-corrected chi connectivity index (χ2v) is 24.0. The van der Waals surface area contributed by atoms with Crippen molar-refractivity contribution in [1.29, 1.82) is 0 Å². The molecular formula is C78H75CoN2O4-. The monoisotopic (exact) mass is 1160 g/mol. The van der Waals surface area contributed by atoms with Gasteiger partial charge in [0.05, 0.1) is 22.9 Å². The van der Waals surface area contributed by atoms with Gasteiger partial charge < -0.3 is 20.1 Å². The molecule has 2 N–H and O–H groups in total. The van der Waals surface area contributed by atoms with Gasteiger partial charge in [-0.05, 0) is 117 Å². The molecule has 6 nitrogen and oxygen atoms in total. The van der Waals surface area contributed by atoms with Gasteiger partial charge >= 0.3 is 0 Å². The zero-order chi connectivity index (χ0) is 58.7. The minimum Gasteiger partial charge on any atom is -0.872 e. The fourth-order valence-electron chi connectivity index (χ4n) is 12.1. The van der Waals surface area contributed by atoms with Crippen LogP contribution in [0.5, 0.6) is 28.7 Å². The fourth-order valence-corrected chi connectivity index (χ4v) is 12.1. The number of para-hydroxylation sites is 1. The number of nitrogens with zero attached hydrogens (tertiary/aromatic N) is 2. The van der Waals surface area contributed by atoms with Gasteiger partial charge in [-0.2, -0.15) is 0 Å². The molecule has 0 aliphatic heterocycles. The van der Waals surface area contributed by atoms with Crippen molar-refractivity contribution in [2.75, 3.05) is 0 Å². The predicted molar refractivity (Wildman–Crippen MR) is 344 cm³/mol. The van der Waals surface area contributed by atoms with E-state index >= 15 is 0 Å². The maximum Gasteiger partial charge on any atom is 0.128 e. The third kappa shape index (κ3) is 13.3. The Balaban J connectivity index is 0.000000503. The molecule has 0 amide bonds. The molecule has 1 saturated carbocycles. The smallest absolute Gasteiger partial charge is 0.128 e. The van der Waals surface area contributed by atoms with E-state index in [1.54, 1.807) is 12.1 Å². The third-order valence-electron chi connectivity index (χ3n) is 16.3. The molecule has 0 heterocycles. The Morgan fingerprint density at radius 2 is 0.647 bits per heavy atom. The minimum atomic E-state index is -0.695. The second-order valence-electron chi connectivity index (χ2n) is 24.0. The summed E-state index contributed by atoms with van der Waals surface area (Å²) in [6.45, 7) is 13.0. The maximum atomic E-state index is 12.3. The van der Waals surface area contributed by atoms with Crippen LogP contribution in [0.1, 0.15) is 134 Å². The average Bonchev–Trinajstić information content (AvgIpc) is 1.16. The first-order valence-electron chi connectivity index (χ1n) is 29.3. The minimum absolute atomic E-state index is 0. The molecule has 11 rings (SSSR count). The number of aromatic hydroxyl groups is 2. The summed E-state index contributed by atoms with van der Waals surface area (Å²) in [6, 6.07) is 88.5. The molecule has 10 aromatic carbocycles. The van der Waals surface area contributed by atoms with E-state index in [1.165, 1.54) is 12.1 Å². The summed E-state index contributed by atoms with van der Waals surface area (Å²) in [5, 5.41) is 35.4. The van der Waals surface area contributed by atoms with Gasteiger partial charge in [0.15, 0.2) is 0 Å². The first kappa shape index (κ1) is 60.8. The van der Waals surface area contributed by atoms with Crippen LogP contribution < -0.4 is 9.84 Å². The Hall–Kier alpha value is -8.75. The van der Waals surface area contributed by atoms with Crippen LogP contribution in [0.2, 0.25) is 0 Å². The molecule has 1 fully saturated rings. The van der Waals surface area contributed by atoms with Gasteiger partial charge in [-0.3, -0.25) is 9.98 Å². The van der Waals surface area contributed by atoms with E-state index in [2.05, 4.69) is 248 Å². The Bertz CT molecular complexity index is 3380. The van der Waals surface area contributed by atoms with Crippen LogP contribution in [0.15, 0.2) is 271 Å². The van der Waals surface area contributed by atoms with E-state index in [0.29, 0.717) is 16.9 Å². The predicted octanol–water partition coefficient (Wildman–Crippen LogP) is 17.9. The van der Waals surface area contributed by atoms with E-state index in [9.17, 15) is 15.3 Å². The van der Waals surface area contributed by atoms with Crippen LogP contribution in [0.3, 0.4) is 0 Å². The molecule has 0 saturated heterocycles.